The molecule has 1 heterocycles. The minimum Gasteiger partial charge on any atom is -0.365 e. The van der Waals surface area contributed by atoms with E-state index in [1.54, 1.807) is 0 Å². The Labute approximate surface area is 50.2 Å². The maximum atomic E-state index is 5.11. The van der Waals surface area contributed by atoms with E-state index in [9.17, 15) is 0 Å². The largest absolute Gasteiger partial charge is 0.365 e. The van der Waals surface area contributed by atoms with Crippen LogP contribution in [-0.4, -0.2) is 19.4 Å². The summed E-state index contributed by atoms with van der Waals surface area (Å²) >= 11 is 0. The summed E-state index contributed by atoms with van der Waals surface area (Å²) in [7, 11) is 0. The highest BCUT2D eigenvalue weighted by Gasteiger charge is 2.16. The van der Waals surface area contributed by atoms with Gasteiger partial charge in [-0.2, -0.15) is 0 Å². The summed E-state index contributed by atoms with van der Waals surface area (Å²) in [5, 5.41) is 3.23. The van der Waals surface area contributed by atoms with E-state index >= 15 is 0 Å². The van der Waals surface area contributed by atoms with Gasteiger partial charge in [0.1, 0.15) is 0 Å². The van der Waals surface area contributed by atoms with Crippen LogP contribution in [0.25, 0.3) is 0 Å². The molecule has 0 aliphatic carbocycles. The SMILES string of the molecule is CC(C)[C@H]1COCN1. The molecule has 0 bridgehead atoms. The predicted octanol–water partition coefficient (Wildman–Crippen LogP) is 0.588. The van der Waals surface area contributed by atoms with E-state index in [1.165, 1.54) is 0 Å². The topological polar surface area (TPSA) is 21.3 Å². The monoisotopic (exact) mass is 115 g/mol. The lowest BCUT2D eigenvalue weighted by molar-refractivity contribution is 0.186. The molecule has 0 aromatic heterocycles. The second-order valence-electron chi connectivity index (χ2n) is 2.57. The molecule has 1 aliphatic heterocycles. The molecule has 1 rings (SSSR count). The predicted molar refractivity (Wildman–Crippen MR) is 32.6 cm³/mol. The molecule has 1 fully saturated rings. The van der Waals surface area contributed by atoms with E-state index in [0.717, 1.165) is 13.3 Å². The Morgan fingerprint density at radius 1 is 1.62 bits per heavy atom. The molecule has 0 saturated carbocycles. The van der Waals surface area contributed by atoms with Crippen LogP contribution in [0.15, 0.2) is 0 Å². The van der Waals surface area contributed by atoms with Gasteiger partial charge in [0.25, 0.3) is 0 Å². The fourth-order valence-electron chi connectivity index (χ4n) is 0.839. The van der Waals surface area contributed by atoms with Gasteiger partial charge in [0, 0.05) is 6.04 Å². The van der Waals surface area contributed by atoms with E-state index < -0.39 is 0 Å². The Balaban J connectivity index is 2.24. The van der Waals surface area contributed by atoms with Gasteiger partial charge in [-0.1, -0.05) is 13.8 Å². The highest BCUT2D eigenvalue weighted by atomic mass is 16.5. The van der Waals surface area contributed by atoms with Gasteiger partial charge in [-0.05, 0) is 5.92 Å². The van der Waals surface area contributed by atoms with Crippen molar-refractivity contribution >= 4 is 0 Å². The van der Waals surface area contributed by atoms with E-state index in [0.29, 0.717) is 12.0 Å². The van der Waals surface area contributed by atoms with Crippen LogP contribution in [-0.2, 0) is 4.74 Å². The van der Waals surface area contributed by atoms with Crippen molar-refractivity contribution in [3.63, 3.8) is 0 Å². The molecule has 2 heteroatoms. The zero-order valence-electron chi connectivity index (χ0n) is 5.48. The van der Waals surface area contributed by atoms with Gasteiger partial charge in [0.2, 0.25) is 0 Å². The minimum atomic E-state index is 0.593. The van der Waals surface area contributed by atoms with Crippen LogP contribution in [0.5, 0.6) is 0 Å². The molecule has 48 valence electrons. The highest BCUT2D eigenvalue weighted by molar-refractivity contribution is 4.71. The van der Waals surface area contributed by atoms with Crippen molar-refractivity contribution in [2.75, 3.05) is 13.3 Å². The maximum Gasteiger partial charge on any atom is 0.0969 e. The van der Waals surface area contributed by atoms with Crippen LogP contribution in [0.4, 0.5) is 0 Å². The fourth-order valence-corrected chi connectivity index (χ4v) is 0.839. The second kappa shape index (κ2) is 2.46. The fraction of sp³-hybridized carbons (Fsp3) is 1.00. The number of nitrogens with one attached hydrogen (secondary N) is 1. The van der Waals surface area contributed by atoms with E-state index in [2.05, 4.69) is 19.2 Å². The smallest absolute Gasteiger partial charge is 0.0969 e. The third kappa shape index (κ3) is 1.20. The summed E-state index contributed by atoms with van der Waals surface area (Å²) in [4.78, 5) is 0. The van der Waals surface area contributed by atoms with Crippen molar-refractivity contribution in [3.05, 3.63) is 0 Å². The van der Waals surface area contributed by atoms with Gasteiger partial charge >= 0.3 is 0 Å². The summed E-state index contributed by atoms with van der Waals surface area (Å²) in [6, 6.07) is 0.593. The average Bonchev–Trinajstić information content (AvgIpc) is 2.12. The molecule has 0 aromatic carbocycles. The Bertz CT molecular complexity index is 66.9. The third-order valence-corrected chi connectivity index (χ3v) is 1.55. The van der Waals surface area contributed by atoms with Crippen molar-refractivity contribution in [3.8, 4) is 0 Å². The molecule has 1 atom stereocenters. The maximum absolute atomic E-state index is 5.11. The molecule has 0 unspecified atom stereocenters. The molecule has 1 aliphatic rings. The first-order chi connectivity index (χ1) is 3.80. The second-order valence-corrected chi connectivity index (χ2v) is 2.57. The zero-order chi connectivity index (χ0) is 5.98. The molecule has 1 saturated heterocycles. The first kappa shape index (κ1) is 6.05. The molecule has 0 amide bonds. The minimum absolute atomic E-state index is 0.593. The lowest BCUT2D eigenvalue weighted by atomic mass is 10.1. The molecule has 0 aromatic rings. The molecular formula is C6H13NO. The summed E-state index contributed by atoms with van der Waals surface area (Å²) in [6.45, 7) is 6.03. The lowest BCUT2D eigenvalue weighted by Gasteiger charge is -2.10. The van der Waals surface area contributed by atoms with Gasteiger partial charge in [-0.25, -0.2) is 0 Å². The van der Waals surface area contributed by atoms with Crippen molar-refractivity contribution in [2.45, 2.75) is 19.9 Å². The van der Waals surface area contributed by atoms with Gasteiger partial charge in [-0.3, -0.25) is 5.32 Å². The van der Waals surface area contributed by atoms with Crippen molar-refractivity contribution in [1.29, 1.82) is 0 Å². The van der Waals surface area contributed by atoms with Crippen LogP contribution in [0.3, 0.4) is 0 Å². The Kier molecular flexibility index (Phi) is 1.86. The molecule has 0 radical (unpaired) electrons. The molecule has 2 nitrogen and oxygen atoms in total. The van der Waals surface area contributed by atoms with Crippen LogP contribution >= 0.6 is 0 Å². The summed E-state index contributed by atoms with van der Waals surface area (Å²) < 4.78 is 5.11. The number of ether oxygens (including phenoxy) is 1. The number of hydrogen-bond donors (Lipinski definition) is 1. The van der Waals surface area contributed by atoms with E-state index in [-0.39, 0.29) is 0 Å². The van der Waals surface area contributed by atoms with Crippen LogP contribution in [0, 0.1) is 5.92 Å². The van der Waals surface area contributed by atoms with Gasteiger partial charge in [-0.15, -0.1) is 0 Å². The summed E-state index contributed by atoms with van der Waals surface area (Å²) in [5.74, 6) is 0.706. The van der Waals surface area contributed by atoms with Gasteiger partial charge in [0.05, 0.1) is 13.3 Å². The van der Waals surface area contributed by atoms with Crippen molar-refractivity contribution < 1.29 is 4.74 Å². The van der Waals surface area contributed by atoms with Crippen LogP contribution in [0.1, 0.15) is 13.8 Å². The third-order valence-electron chi connectivity index (χ3n) is 1.55. The first-order valence-corrected chi connectivity index (χ1v) is 3.12. The lowest BCUT2D eigenvalue weighted by Crippen LogP contribution is -2.28. The normalized spacial score (nSPS) is 29.6. The molecular weight excluding hydrogens is 102 g/mol. The van der Waals surface area contributed by atoms with Crippen LogP contribution in [0.2, 0.25) is 0 Å². The van der Waals surface area contributed by atoms with Gasteiger partial charge in [0.15, 0.2) is 0 Å². The van der Waals surface area contributed by atoms with E-state index in [4.69, 9.17) is 4.74 Å². The first-order valence-electron chi connectivity index (χ1n) is 3.12. The molecule has 8 heavy (non-hydrogen) atoms. The Morgan fingerprint density at radius 3 is 2.62 bits per heavy atom. The van der Waals surface area contributed by atoms with E-state index in [1.807, 2.05) is 0 Å². The highest BCUT2D eigenvalue weighted by Crippen LogP contribution is 2.05. The standard InChI is InChI=1S/C6H13NO/c1-5(2)6-3-8-4-7-6/h5-7H,3-4H2,1-2H3/t6-/m1/s1. The molecule has 0 spiro atoms. The zero-order valence-corrected chi connectivity index (χ0v) is 5.48. The summed E-state index contributed by atoms with van der Waals surface area (Å²) in [6.07, 6.45) is 0. The average molecular weight is 115 g/mol. The molecule has 1 N–H and O–H groups in total. The van der Waals surface area contributed by atoms with Gasteiger partial charge < -0.3 is 4.74 Å². The van der Waals surface area contributed by atoms with Crippen molar-refractivity contribution in [2.24, 2.45) is 5.92 Å². The number of rotatable bonds is 1. The van der Waals surface area contributed by atoms with Crippen molar-refractivity contribution in [1.82, 2.24) is 5.32 Å². The number of hydrogen-bond acceptors (Lipinski definition) is 2. The Morgan fingerprint density at radius 2 is 2.38 bits per heavy atom. The Hall–Kier alpha value is -0.0800. The summed E-state index contributed by atoms with van der Waals surface area (Å²) in [5.41, 5.74) is 0. The quantitative estimate of drug-likeness (QED) is 0.540. The van der Waals surface area contributed by atoms with Crippen LogP contribution < -0.4 is 5.32 Å².